The fraction of sp³-hybridized carbons (Fsp3) is 0.182. The highest BCUT2D eigenvalue weighted by molar-refractivity contribution is 7.99. The maximum atomic E-state index is 11.0. The van der Waals surface area contributed by atoms with Gasteiger partial charge >= 0.3 is 0 Å². The van der Waals surface area contributed by atoms with Crippen LogP contribution in [0.1, 0.15) is 6.92 Å². The minimum absolute atomic E-state index is 0.145. The van der Waals surface area contributed by atoms with Crippen LogP contribution in [-0.2, 0) is 4.79 Å². The van der Waals surface area contributed by atoms with Gasteiger partial charge in [-0.3, -0.25) is 4.79 Å². The number of thioether (sulfide) groups is 1. The maximum Gasteiger partial charge on any atom is 0.221 e. The molecule has 0 saturated heterocycles. The Labute approximate surface area is 113 Å². The Hall–Kier alpha value is -2.40. The quantitative estimate of drug-likeness (QED) is 0.842. The number of carbonyl (C=O) groups excluding carboxylic acids is 1. The van der Waals surface area contributed by atoms with Crippen LogP contribution in [0.15, 0.2) is 29.4 Å². The van der Waals surface area contributed by atoms with Crippen molar-refractivity contribution in [3.05, 3.63) is 24.3 Å². The van der Waals surface area contributed by atoms with Gasteiger partial charge in [0.1, 0.15) is 0 Å². The molecule has 0 radical (unpaired) electrons. The molecular formula is C11H10N6OS. The average molecular weight is 274 g/mol. The number of carbonyl (C=O) groups is 1. The third kappa shape index (κ3) is 3.29. The first-order valence-corrected chi connectivity index (χ1v) is 6.35. The SMILES string of the molecule is CC(=O)Nc1cccc(-n2nnnc2SCC#N)c1. The topological polar surface area (TPSA) is 96.5 Å². The summed E-state index contributed by atoms with van der Waals surface area (Å²) in [5, 5.41) is 23.1. The van der Waals surface area contributed by atoms with Crippen LogP contribution < -0.4 is 5.32 Å². The molecule has 19 heavy (non-hydrogen) atoms. The van der Waals surface area contributed by atoms with Crippen molar-refractivity contribution < 1.29 is 4.79 Å². The van der Waals surface area contributed by atoms with Gasteiger partial charge in [-0.25, -0.2) is 0 Å². The Morgan fingerprint density at radius 1 is 1.58 bits per heavy atom. The fourth-order valence-electron chi connectivity index (χ4n) is 1.45. The summed E-state index contributed by atoms with van der Waals surface area (Å²) in [6.07, 6.45) is 0. The standard InChI is InChI=1S/C11H10N6OS/c1-8(18)13-9-3-2-4-10(7-9)17-11(14-15-16-17)19-6-5-12/h2-4,7H,6H2,1H3,(H,13,18). The molecule has 1 aromatic carbocycles. The molecule has 1 aromatic heterocycles. The molecule has 0 aliphatic carbocycles. The Balaban J connectivity index is 2.29. The molecule has 2 rings (SSSR count). The van der Waals surface area contributed by atoms with Gasteiger partial charge in [0.05, 0.1) is 17.5 Å². The highest BCUT2D eigenvalue weighted by Gasteiger charge is 2.09. The lowest BCUT2D eigenvalue weighted by Gasteiger charge is -2.06. The summed E-state index contributed by atoms with van der Waals surface area (Å²) < 4.78 is 1.52. The summed E-state index contributed by atoms with van der Waals surface area (Å²) in [5.74, 6) is 0.124. The smallest absolute Gasteiger partial charge is 0.221 e. The summed E-state index contributed by atoms with van der Waals surface area (Å²) in [4.78, 5) is 11.0. The Morgan fingerprint density at radius 3 is 3.16 bits per heavy atom. The molecule has 1 heterocycles. The van der Waals surface area contributed by atoms with Crippen LogP contribution >= 0.6 is 11.8 Å². The number of hydrogen-bond acceptors (Lipinski definition) is 6. The van der Waals surface area contributed by atoms with E-state index < -0.39 is 0 Å². The van der Waals surface area contributed by atoms with Crippen molar-refractivity contribution in [3.63, 3.8) is 0 Å². The average Bonchev–Trinajstić information content (AvgIpc) is 2.84. The first kappa shape index (κ1) is 13.0. The van der Waals surface area contributed by atoms with E-state index in [4.69, 9.17) is 5.26 Å². The van der Waals surface area contributed by atoms with Gasteiger partial charge in [0.25, 0.3) is 0 Å². The Kier molecular flexibility index (Phi) is 4.10. The van der Waals surface area contributed by atoms with Gasteiger partial charge in [0, 0.05) is 12.6 Å². The predicted molar refractivity (Wildman–Crippen MR) is 69.8 cm³/mol. The van der Waals surface area contributed by atoms with E-state index in [9.17, 15) is 4.79 Å². The highest BCUT2D eigenvalue weighted by Crippen LogP contribution is 2.19. The van der Waals surface area contributed by atoms with Crippen LogP contribution in [0.2, 0.25) is 0 Å². The summed E-state index contributed by atoms with van der Waals surface area (Å²) in [7, 11) is 0. The van der Waals surface area contributed by atoms with E-state index in [1.165, 1.54) is 23.4 Å². The molecule has 0 unspecified atom stereocenters. The first-order chi connectivity index (χ1) is 9.20. The number of amides is 1. The number of hydrogen-bond donors (Lipinski definition) is 1. The zero-order valence-corrected chi connectivity index (χ0v) is 10.9. The number of tetrazole rings is 1. The summed E-state index contributed by atoms with van der Waals surface area (Å²) in [6, 6.07) is 9.16. The van der Waals surface area contributed by atoms with E-state index in [2.05, 4.69) is 20.8 Å². The van der Waals surface area contributed by atoms with E-state index in [1.807, 2.05) is 12.1 Å². The lowest BCUT2D eigenvalue weighted by molar-refractivity contribution is -0.114. The molecule has 0 fully saturated rings. The van der Waals surface area contributed by atoms with Gasteiger partial charge in [0.15, 0.2) is 0 Å². The predicted octanol–water partition coefficient (Wildman–Crippen LogP) is 1.24. The van der Waals surface area contributed by atoms with Crippen LogP contribution in [0.3, 0.4) is 0 Å². The lowest BCUT2D eigenvalue weighted by Crippen LogP contribution is -2.07. The number of nitriles is 1. The lowest BCUT2D eigenvalue weighted by atomic mass is 10.3. The minimum Gasteiger partial charge on any atom is -0.326 e. The molecule has 2 aromatic rings. The zero-order chi connectivity index (χ0) is 13.7. The van der Waals surface area contributed by atoms with E-state index in [0.29, 0.717) is 10.8 Å². The van der Waals surface area contributed by atoms with Crippen molar-refractivity contribution in [2.45, 2.75) is 12.1 Å². The second-order valence-electron chi connectivity index (χ2n) is 3.55. The van der Waals surface area contributed by atoms with Crippen molar-refractivity contribution in [3.8, 4) is 11.8 Å². The molecule has 1 N–H and O–H groups in total. The van der Waals surface area contributed by atoms with Crippen LogP contribution in [0.25, 0.3) is 5.69 Å². The zero-order valence-electron chi connectivity index (χ0n) is 10.1. The number of benzene rings is 1. The van der Waals surface area contributed by atoms with Gasteiger partial charge in [-0.2, -0.15) is 9.94 Å². The fourth-order valence-corrected chi connectivity index (χ4v) is 2.00. The van der Waals surface area contributed by atoms with Crippen LogP contribution in [0, 0.1) is 11.3 Å². The highest BCUT2D eigenvalue weighted by atomic mass is 32.2. The number of anilines is 1. The van der Waals surface area contributed by atoms with E-state index in [1.54, 1.807) is 18.2 Å². The number of rotatable bonds is 4. The minimum atomic E-state index is -0.145. The molecule has 0 bridgehead atoms. The molecule has 0 aliphatic heterocycles. The largest absolute Gasteiger partial charge is 0.326 e. The monoisotopic (exact) mass is 274 g/mol. The van der Waals surface area contributed by atoms with E-state index in [0.717, 1.165) is 5.69 Å². The third-order valence-electron chi connectivity index (χ3n) is 2.12. The molecule has 1 amide bonds. The van der Waals surface area contributed by atoms with Gasteiger partial charge in [-0.1, -0.05) is 17.8 Å². The van der Waals surface area contributed by atoms with Crippen molar-refractivity contribution in [2.75, 3.05) is 11.1 Å². The number of nitrogens with one attached hydrogen (secondary N) is 1. The van der Waals surface area contributed by atoms with Crippen molar-refractivity contribution >= 4 is 23.4 Å². The second kappa shape index (κ2) is 5.97. The summed E-state index contributed by atoms with van der Waals surface area (Å²) in [6.45, 7) is 1.44. The normalized spacial score (nSPS) is 9.89. The molecule has 0 aliphatic rings. The van der Waals surface area contributed by atoms with Gasteiger partial charge in [-0.15, -0.1) is 5.10 Å². The second-order valence-corrected chi connectivity index (χ2v) is 4.49. The molecule has 0 saturated carbocycles. The molecule has 8 heteroatoms. The van der Waals surface area contributed by atoms with Gasteiger partial charge < -0.3 is 5.32 Å². The maximum absolute atomic E-state index is 11.0. The third-order valence-corrected chi connectivity index (χ3v) is 2.90. The number of aromatic nitrogens is 4. The summed E-state index contributed by atoms with van der Waals surface area (Å²) in [5.41, 5.74) is 1.38. The van der Waals surface area contributed by atoms with Crippen LogP contribution in [-0.4, -0.2) is 31.9 Å². The van der Waals surface area contributed by atoms with Gasteiger partial charge in [-0.05, 0) is 28.6 Å². The van der Waals surface area contributed by atoms with Crippen LogP contribution in [0.4, 0.5) is 5.69 Å². The Morgan fingerprint density at radius 2 is 2.42 bits per heavy atom. The molecule has 96 valence electrons. The molecular weight excluding hydrogens is 264 g/mol. The van der Waals surface area contributed by atoms with Gasteiger partial charge in [0.2, 0.25) is 11.1 Å². The van der Waals surface area contributed by atoms with Crippen molar-refractivity contribution in [1.29, 1.82) is 5.26 Å². The summed E-state index contributed by atoms with van der Waals surface area (Å²) >= 11 is 1.25. The van der Waals surface area contributed by atoms with Crippen molar-refractivity contribution in [2.24, 2.45) is 0 Å². The van der Waals surface area contributed by atoms with E-state index >= 15 is 0 Å². The first-order valence-electron chi connectivity index (χ1n) is 5.37. The molecule has 0 spiro atoms. The van der Waals surface area contributed by atoms with Crippen molar-refractivity contribution in [1.82, 2.24) is 20.2 Å². The Bertz CT molecular complexity index is 632. The van der Waals surface area contributed by atoms with E-state index in [-0.39, 0.29) is 11.7 Å². The molecule has 7 nitrogen and oxygen atoms in total. The molecule has 0 atom stereocenters. The number of nitrogens with zero attached hydrogens (tertiary/aromatic N) is 5. The van der Waals surface area contributed by atoms with Crippen LogP contribution in [0.5, 0.6) is 0 Å².